The van der Waals surface area contributed by atoms with Crippen LogP contribution < -0.4 is 4.74 Å². The molecule has 1 saturated heterocycles. The minimum absolute atomic E-state index is 0.0563. The van der Waals surface area contributed by atoms with E-state index in [0.717, 1.165) is 28.6 Å². The number of alkyl halides is 1. The molecule has 2 aromatic carbocycles. The zero-order valence-corrected chi connectivity index (χ0v) is 21.0. The van der Waals surface area contributed by atoms with Crippen LogP contribution in [0, 0.1) is 23.5 Å². The Morgan fingerprint density at radius 3 is 2.59 bits per heavy atom. The van der Waals surface area contributed by atoms with E-state index in [4.69, 9.17) is 4.74 Å². The molecule has 0 saturated carbocycles. The van der Waals surface area contributed by atoms with Gasteiger partial charge in [-0.3, -0.25) is 14.1 Å². The fourth-order valence-corrected chi connectivity index (χ4v) is 5.58. The molecule has 0 spiro atoms. The lowest BCUT2D eigenvalue weighted by Gasteiger charge is -2.42. The molecule has 1 fully saturated rings. The number of aromatic nitrogens is 1. The second kappa shape index (κ2) is 10.4. The summed E-state index contributed by atoms with van der Waals surface area (Å²) in [6, 6.07) is 8.57. The number of para-hydroxylation sites is 1. The number of benzene rings is 2. The van der Waals surface area contributed by atoms with Gasteiger partial charge < -0.3 is 19.7 Å². The average Bonchev–Trinajstić information content (AvgIpc) is 3.22. The maximum Gasteiger partial charge on any atom is 0.228 e. The first-order valence-electron chi connectivity index (χ1n) is 12.7. The second-order valence-electron chi connectivity index (χ2n) is 10.3. The van der Waals surface area contributed by atoms with Gasteiger partial charge in [-0.25, -0.2) is 8.78 Å². The van der Waals surface area contributed by atoms with Gasteiger partial charge in [0.25, 0.3) is 0 Å². The smallest absolute Gasteiger partial charge is 0.228 e. The molecule has 3 aromatic rings. The molecule has 37 heavy (non-hydrogen) atoms. The number of carbonyl (C=O) groups excluding carboxylic acids is 1. The summed E-state index contributed by atoms with van der Waals surface area (Å²) in [4.78, 5) is 20.2. The number of aromatic amines is 1. The van der Waals surface area contributed by atoms with E-state index in [1.165, 1.54) is 4.90 Å². The number of H-pyrrole nitrogens is 1. The number of likely N-dealkylation sites (tertiary alicyclic amines) is 1. The first-order valence-corrected chi connectivity index (χ1v) is 12.7. The Hall–Kier alpha value is -3.04. The number of hydrogen-bond acceptors (Lipinski definition) is 4. The number of ether oxygens (including phenoxy) is 1. The highest BCUT2D eigenvalue weighted by molar-refractivity contribution is 5.87. The quantitative estimate of drug-likeness (QED) is 0.472. The van der Waals surface area contributed by atoms with E-state index in [1.54, 1.807) is 6.92 Å². The van der Waals surface area contributed by atoms with Crippen molar-refractivity contribution in [3.05, 3.63) is 64.9 Å². The van der Waals surface area contributed by atoms with Gasteiger partial charge in [0.05, 0.1) is 24.8 Å². The average molecular weight is 516 g/mol. The molecular weight excluding hydrogens is 483 g/mol. The van der Waals surface area contributed by atoms with Crippen molar-refractivity contribution in [2.75, 3.05) is 39.5 Å². The number of carbonyl (C=O) groups is 1. The van der Waals surface area contributed by atoms with Crippen molar-refractivity contribution in [3.63, 3.8) is 0 Å². The molecule has 3 heterocycles. The Morgan fingerprint density at radius 1 is 1.22 bits per heavy atom. The van der Waals surface area contributed by atoms with Crippen molar-refractivity contribution in [1.29, 1.82) is 0 Å². The number of aliphatic hydroxyl groups is 1. The van der Waals surface area contributed by atoms with Crippen LogP contribution in [-0.4, -0.2) is 71.4 Å². The Morgan fingerprint density at radius 2 is 1.92 bits per heavy atom. The lowest BCUT2D eigenvalue weighted by Crippen LogP contribution is -2.49. The van der Waals surface area contributed by atoms with Crippen LogP contribution in [0.1, 0.15) is 36.7 Å². The number of aliphatic hydroxyl groups excluding tert-OH is 1. The lowest BCUT2D eigenvalue weighted by molar-refractivity contribution is -0.141. The van der Waals surface area contributed by atoms with Gasteiger partial charge in [0.2, 0.25) is 5.91 Å². The van der Waals surface area contributed by atoms with Crippen LogP contribution in [0.25, 0.3) is 10.9 Å². The predicted molar refractivity (Wildman–Crippen MR) is 134 cm³/mol. The van der Waals surface area contributed by atoms with Gasteiger partial charge in [0.1, 0.15) is 30.0 Å². The van der Waals surface area contributed by atoms with Crippen molar-refractivity contribution in [2.24, 2.45) is 11.8 Å². The lowest BCUT2D eigenvalue weighted by atomic mass is 9.87. The maximum atomic E-state index is 15.7. The van der Waals surface area contributed by atoms with Crippen molar-refractivity contribution in [3.8, 4) is 5.75 Å². The van der Waals surface area contributed by atoms with Gasteiger partial charge in [0, 0.05) is 60.3 Å². The van der Waals surface area contributed by atoms with E-state index in [1.807, 2.05) is 36.1 Å². The van der Waals surface area contributed by atoms with Crippen LogP contribution in [0.2, 0.25) is 0 Å². The molecule has 9 heteroatoms. The predicted octanol–water partition coefficient (Wildman–Crippen LogP) is 4.22. The maximum absolute atomic E-state index is 15.7. The highest BCUT2D eigenvalue weighted by Gasteiger charge is 2.42. The topological polar surface area (TPSA) is 68.8 Å². The van der Waals surface area contributed by atoms with Crippen molar-refractivity contribution in [2.45, 2.75) is 32.4 Å². The molecule has 5 rings (SSSR count). The van der Waals surface area contributed by atoms with Gasteiger partial charge in [-0.2, -0.15) is 0 Å². The molecule has 2 aliphatic rings. The van der Waals surface area contributed by atoms with E-state index in [-0.39, 0.29) is 49.1 Å². The van der Waals surface area contributed by atoms with Gasteiger partial charge in [-0.05, 0) is 25.0 Å². The van der Waals surface area contributed by atoms with E-state index in [2.05, 4.69) is 4.98 Å². The van der Waals surface area contributed by atoms with Crippen LogP contribution in [-0.2, 0) is 11.2 Å². The summed E-state index contributed by atoms with van der Waals surface area (Å²) in [7, 11) is 0. The molecule has 0 aliphatic carbocycles. The third kappa shape index (κ3) is 4.70. The highest BCUT2D eigenvalue weighted by Crippen LogP contribution is 2.43. The van der Waals surface area contributed by atoms with E-state index >= 15 is 8.78 Å². The molecule has 0 radical (unpaired) electrons. The normalized spacial score (nSPS) is 21.1. The zero-order valence-electron chi connectivity index (χ0n) is 21.0. The largest absolute Gasteiger partial charge is 0.492 e. The summed E-state index contributed by atoms with van der Waals surface area (Å²) < 4.78 is 49.6. The zero-order chi connectivity index (χ0) is 26.3. The van der Waals surface area contributed by atoms with Crippen LogP contribution >= 0.6 is 0 Å². The SMILES string of the molecule is CC(CO)C(=O)N1[C@H](c2c(F)cc(OCCN3CC(CF)C3)cc2F)c2[nH]c3ccccc3c2C[C@H]1C. The minimum Gasteiger partial charge on any atom is -0.492 e. The number of amides is 1. The van der Waals surface area contributed by atoms with Crippen molar-refractivity contribution >= 4 is 16.8 Å². The molecule has 6 nitrogen and oxygen atoms in total. The monoisotopic (exact) mass is 515 g/mol. The van der Waals surface area contributed by atoms with Crippen molar-refractivity contribution in [1.82, 2.24) is 14.8 Å². The molecule has 1 amide bonds. The van der Waals surface area contributed by atoms with Gasteiger partial charge in [-0.15, -0.1) is 0 Å². The summed E-state index contributed by atoms with van der Waals surface area (Å²) in [6.07, 6.45) is 0.518. The summed E-state index contributed by atoms with van der Waals surface area (Å²) in [5.41, 5.74) is 2.09. The molecule has 198 valence electrons. The molecule has 0 bridgehead atoms. The first kappa shape index (κ1) is 25.6. The molecule has 3 atom stereocenters. The molecule has 2 aliphatic heterocycles. The number of nitrogens with one attached hydrogen (secondary N) is 1. The van der Waals surface area contributed by atoms with Gasteiger partial charge in [-0.1, -0.05) is 25.1 Å². The van der Waals surface area contributed by atoms with Crippen LogP contribution in [0.15, 0.2) is 36.4 Å². The fraction of sp³-hybridized carbons (Fsp3) is 0.464. The Bertz CT molecular complexity index is 1270. The van der Waals surface area contributed by atoms with Gasteiger partial charge in [0.15, 0.2) is 0 Å². The number of rotatable bonds is 8. The van der Waals surface area contributed by atoms with E-state index in [0.29, 0.717) is 31.7 Å². The Kier molecular flexibility index (Phi) is 7.18. The van der Waals surface area contributed by atoms with Gasteiger partial charge >= 0.3 is 0 Å². The Labute approximate surface area is 214 Å². The number of nitrogens with zero attached hydrogens (tertiary/aromatic N) is 2. The Balaban J connectivity index is 1.49. The highest BCUT2D eigenvalue weighted by atomic mass is 19.1. The second-order valence-corrected chi connectivity index (χ2v) is 10.3. The number of fused-ring (bicyclic) bond motifs is 3. The minimum atomic E-state index is -1.03. The van der Waals surface area contributed by atoms with Crippen LogP contribution in [0.4, 0.5) is 13.2 Å². The number of halogens is 3. The first-order chi connectivity index (χ1) is 17.8. The van der Waals surface area contributed by atoms with E-state index < -0.39 is 23.6 Å². The molecule has 1 aromatic heterocycles. The molecule has 1 unspecified atom stereocenters. The van der Waals surface area contributed by atoms with Crippen LogP contribution in [0.5, 0.6) is 5.75 Å². The summed E-state index contributed by atoms with van der Waals surface area (Å²) in [5.74, 6) is -2.60. The number of hydrogen-bond donors (Lipinski definition) is 2. The van der Waals surface area contributed by atoms with E-state index in [9.17, 15) is 14.3 Å². The summed E-state index contributed by atoms with van der Waals surface area (Å²) in [6.45, 7) is 4.83. The summed E-state index contributed by atoms with van der Waals surface area (Å²) >= 11 is 0. The summed E-state index contributed by atoms with van der Waals surface area (Å²) in [5, 5.41) is 10.6. The third-order valence-electron chi connectivity index (χ3n) is 7.58. The fourth-order valence-electron chi connectivity index (χ4n) is 5.58. The molecular formula is C28H32F3N3O3. The molecule has 2 N–H and O–H groups in total. The van der Waals surface area contributed by atoms with Crippen molar-refractivity contribution < 1.29 is 27.8 Å². The van der Waals surface area contributed by atoms with Crippen LogP contribution in [0.3, 0.4) is 0 Å². The standard InChI is InChI=1S/C28H32F3N3O3/c1-16(15-35)28(36)34-17(2)9-21-20-5-3-4-6-24(20)32-26(21)27(34)25-22(30)10-19(11-23(25)31)37-8-7-33-13-18(12-29)14-33/h3-6,10-11,16-18,27,32,35H,7-9,12-15H2,1-2H3/t16?,17-,27-/m1/s1. The third-order valence-corrected chi connectivity index (χ3v) is 7.58.